The highest BCUT2D eigenvalue weighted by molar-refractivity contribution is 5.72. The van der Waals surface area contributed by atoms with Crippen LogP contribution in [0.25, 0.3) is 22.3 Å². The second-order valence-electron chi connectivity index (χ2n) is 9.23. The number of alkyl halides is 2. The summed E-state index contributed by atoms with van der Waals surface area (Å²) in [4.78, 5) is 0. The highest BCUT2D eigenvalue weighted by atomic mass is 19.3. The molecule has 190 valence electrons. The number of hydrogen-bond donors (Lipinski definition) is 0. The third kappa shape index (κ3) is 4.92. The van der Waals surface area contributed by atoms with Gasteiger partial charge in [-0.15, -0.1) is 0 Å². The van der Waals surface area contributed by atoms with Crippen molar-refractivity contribution in [2.45, 2.75) is 25.9 Å². The molecule has 0 aromatic heterocycles. The van der Waals surface area contributed by atoms with E-state index in [1.807, 2.05) is 18.2 Å². The highest BCUT2D eigenvalue weighted by Gasteiger charge is 2.41. The molecule has 1 aliphatic carbocycles. The van der Waals surface area contributed by atoms with E-state index in [9.17, 15) is 26.3 Å². The third-order valence-electron chi connectivity index (χ3n) is 6.37. The zero-order valence-electron chi connectivity index (χ0n) is 19.4. The summed E-state index contributed by atoms with van der Waals surface area (Å²) in [7, 11) is 0. The quantitative estimate of drug-likeness (QED) is 0.242. The van der Waals surface area contributed by atoms with Crippen molar-refractivity contribution in [3.05, 3.63) is 113 Å². The zero-order chi connectivity index (χ0) is 26.5. The van der Waals surface area contributed by atoms with Crippen LogP contribution >= 0.6 is 0 Å². The molecule has 0 amide bonds. The molecule has 8 heteroatoms. The van der Waals surface area contributed by atoms with E-state index >= 15 is 4.39 Å². The molecule has 1 nitrogen and oxygen atoms in total. The first kappa shape index (κ1) is 24.9. The maximum atomic E-state index is 15.0. The van der Waals surface area contributed by atoms with Crippen LogP contribution in [0.5, 0.6) is 5.75 Å². The van der Waals surface area contributed by atoms with Gasteiger partial charge in [0, 0.05) is 23.8 Å². The number of halogens is 7. The van der Waals surface area contributed by atoms with Crippen LogP contribution in [-0.4, -0.2) is 0 Å². The van der Waals surface area contributed by atoms with Gasteiger partial charge in [-0.25, -0.2) is 22.0 Å². The minimum absolute atomic E-state index is 0.195. The lowest BCUT2D eigenvalue weighted by Gasteiger charge is -2.20. The Kier molecular flexibility index (Phi) is 6.22. The van der Waals surface area contributed by atoms with Crippen LogP contribution in [0.2, 0.25) is 0 Å². The molecule has 0 aliphatic heterocycles. The van der Waals surface area contributed by atoms with Crippen molar-refractivity contribution in [3.63, 3.8) is 0 Å². The SMILES string of the molecule is CC1Cc2ccc(-c3ccc(-c4cc(F)c(C(F)(F)Oc5cc(F)cc(F)c5)c(F)c4)c(F)c3)cc2C1. The van der Waals surface area contributed by atoms with Crippen LogP contribution in [0.15, 0.2) is 66.7 Å². The van der Waals surface area contributed by atoms with Gasteiger partial charge in [0.2, 0.25) is 0 Å². The van der Waals surface area contributed by atoms with Gasteiger partial charge >= 0.3 is 6.11 Å². The fraction of sp³-hybridized carbons (Fsp3) is 0.172. The van der Waals surface area contributed by atoms with Gasteiger partial charge < -0.3 is 4.74 Å². The largest absolute Gasteiger partial charge is 0.432 e. The molecule has 37 heavy (non-hydrogen) atoms. The molecule has 0 fully saturated rings. The molecular formula is C29H19F7O. The van der Waals surface area contributed by atoms with Crippen molar-refractivity contribution >= 4 is 0 Å². The van der Waals surface area contributed by atoms with Gasteiger partial charge in [-0.3, -0.25) is 0 Å². The van der Waals surface area contributed by atoms with E-state index < -0.39 is 46.5 Å². The molecule has 4 aromatic rings. The Morgan fingerprint density at radius 2 is 1.22 bits per heavy atom. The van der Waals surface area contributed by atoms with Crippen LogP contribution in [0.3, 0.4) is 0 Å². The average molecular weight is 516 g/mol. The van der Waals surface area contributed by atoms with E-state index in [4.69, 9.17) is 0 Å². The summed E-state index contributed by atoms with van der Waals surface area (Å²) in [5, 5.41) is 0. The Labute approximate surface area is 208 Å². The lowest BCUT2D eigenvalue weighted by molar-refractivity contribution is -0.189. The highest BCUT2D eigenvalue weighted by Crippen LogP contribution is 2.38. The Balaban J connectivity index is 1.45. The molecule has 0 bridgehead atoms. The molecule has 1 atom stereocenters. The summed E-state index contributed by atoms with van der Waals surface area (Å²) >= 11 is 0. The fourth-order valence-electron chi connectivity index (χ4n) is 4.74. The number of rotatable bonds is 5. The van der Waals surface area contributed by atoms with Gasteiger partial charge in [-0.1, -0.05) is 37.3 Å². The van der Waals surface area contributed by atoms with Crippen molar-refractivity contribution < 1.29 is 35.5 Å². The van der Waals surface area contributed by atoms with Gasteiger partial charge in [0.1, 0.15) is 40.4 Å². The Hall–Kier alpha value is -3.81. The lowest BCUT2D eigenvalue weighted by atomic mass is 9.96. The van der Waals surface area contributed by atoms with E-state index in [2.05, 4.69) is 11.7 Å². The standard InChI is InChI=1S/C29H19F7O/c1-15-6-16-2-3-17(8-19(16)7-15)18-4-5-24(25(32)9-18)20-10-26(33)28(27(34)11-20)29(35,36)37-23-13-21(30)12-22(31)14-23/h2-5,8-15H,6-7H2,1H3. The summed E-state index contributed by atoms with van der Waals surface area (Å²) in [6, 6.07) is 12.4. The van der Waals surface area contributed by atoms with Crippen molar-refractivity contribution in [1.82, 2.24) is 0 Å². The molecule has 0 saturated carbocycles. The van der Waals surface area contributed by atoms with E-state index in [0.29, 0.717) is 41.8 Å². The monoisotopic (exact) mass is 516 g/mol. The smallest absolute Gasteiger partial charge is 0.429 e. The van der Waals surface area contributed by atoms with Crippen LogP contribution < -0.4 is 4.74 Å². The third-order valence-corrected chi connectivity index (χ3v) is 6.37. The van der Waals surface area contributed by atoms with Crippen molar-refractivity contribution in [1.29, 1.82) is 0 Å². The molecule has 1 aliphatic rings. The maximum absolute atomic E-state index is 15.0. The van der Waals surface area contributed by atoms with Crippen LogP contribution in [0, 0.1) is 35.0 Å². The second kappa shape index (κ2) is 9.25. The first-order valence-electron chi connectivity index (χ1n) is 11.4. The molecule has 5 rings (SSSR count). The molecular weight excluding hydrogens is 497 g/mol. The normalized spacial score (nSPS) is 15.1. The number of benzene rings is 4. The zero-order valence-corrected chi connectivity index (χ0v) is 19.4. The van der Waals surface area contributed by atoms with Crippen molar-refractivity contribution in [2.24, 2.45) is 5.92 Å². The first-order chi connectivity index (χ1) is 17.5. The van der Waals surface area contributed by atoms with Gasteiger partial charge in [0.25, 0.3) is 0 Å². The first-order valence-corrected chi connectivity index (χ1v) is 11.4. The van der Waals surface area contributed by atoms with Gasteiger partial charge in [-0.05, 0) is 64.8 Å². The van der Waals surface area contributed by atoms with Crippen LogP contribution in [0.1, 0.15) is 23.6 Å². The summed E-state index contributed by atoms with van der Waals surface area (Å²) in [5.74, 6) is -7.08. The van der Waals surface area contributed by atoms with Crippen molar-refractivity contribution in [3.8, 4) is 28.0 Å². The molecule has 0 N–H and O–H groups in total. The molecule has 0 saturated heterocycles. The summed E-state index contributed by atoms with van der Waals surface area (Å²) in [6.07, 6.45) is -2.70. The predicted molar refractivity (Wildman–Crippen MR) is 125 cm³/mol. The van der Waals surface area contributed by atoms with Gasteiger partial charge in [0.15, 0.2) is 0 Å². The Morgan fingerprint density at radius 1 is 0.649 bits per heavy atom. The summed E-state index contributed by atoms with van der Waals surface area (Å²) in [5.41, 5.74) is 1.52. The number of ether oxygens (including phenoxy) is 1. The number of fused-ring (bicyclic) bond motifs is 1. The van der Waals surface area contributed by atoms with Crippen molar-refractivity contribution in [2.75, 3.05) is 0 Å². The number of hydrogen-bond acceptors (Lipinski definition) is 1. The Morgan fingerprint density at radius 3 is 1.86 bits per heavy atom. The van der Waals surface area contributed by atoms with Crippen LogP contribution in [-0.2, 0) is 19.0 Å². The van der Waals surface area contributed by atoms with E-state index in [-0.39, 0.29) is 11.1 Å². The van der Waals surface area contributed by atoms with Gasteiger partial charge in [-0.2, -0.15) is 8.78 Å². The molecule has 0 heterocycles. The maximum Gasteiger partial charge on any atom is 0.432 e. The summed E-state index contributed by atoms with van der Waals surface area (Å²) < 4.78 is 104. The minimum atomic E-state index is -4.61. The van der Waals surface area contributed by atoms with Gasteiger partial charge in [0.05, 0.1) is 0 Å². The topological polar surface area (TPSA) is 9.23 Å². The molecule has 4 aromatic carbocycles. The lowest BCUT2D eigenvalue weighted by Crippen LogP contribution is -2.25. The molecule has 0 spiro atoms. The summed E-state index contributed by atoms with van der Waals surface area (Å²) in [6.45, 7) is 2.15. The molecule has 0 radical (unpaired) electrons. The second-order valence-corrected chi connectivity index (χ2v) is 9.23. The predicted octanol–water partition coefficient (Wildman–Crippen LogP) is 8.58. The average Bonchev–Trinajstić information content (AvgIpc) is 3.16. The fourth-order valence-corrected chi connectivity index (χ4v) is 4.74. The molecule has 1 unspecified atom stereocenters. The van der Waals surface area contributed by atoms with Crippen LogP contribution in [0.4, 0.5) is 30.7 Å². The van der Waals surface area contributed by atoms with E-state index in [0.717, 1.165) is 18.4 Å². The Bertz CT molecular complexity index is 1470. The van der Waals surface area contributed by atoms with E-state index in [1.54, 1.807) is 6.07 Å². The van der Waals surface area contributed by atoms with E-state index in [1.165, 1.54) is 23.3 Å². The minimum Gasteiger partial charge on any atom is -0.429 e.